The van der Waals surface area contributed by atoms with Gasteiger partial charge in [-0.05, 0) is 55.1 Å². The molecule has 2 heterocycles. The molecule has 0 amide bonds. The summed E-state index contributed by atoms with van der Waals surface area (Å²) in [6.07, 6.45) is 3.89. The van der Waals surface area contributed by atoms with Crippen molar-refractivity contribution in [3.05, 3.63) is 48.2 Å². The maximum Gasteiger partial charge on any atom is 0.261 e. The average Bonchev–Trinajstić information content (AvgIpc) is 2.74. The molecule has 0 spiro atoms. The van der Waals surface area contributed by atoms with Gasteiger partial charge in [0.2, 0.25) is 0 Å². The third-order valence-electron chi connectivity index (χ3n) is 5.77. The van der Waals surface area contributed by atoms with Gasteiger partial charge in [0.1, 0.15) is 5.82 Å². The molecule has 7 heteroatoms. The first-order valence-corrected chi connectivity index (χ1v) is 12.4. The van der Waals surface area contributed by atoms with Crippen LogP contribution in [-0.2, 0) is 10.0 Å². The van der Waals surface area contributed by atoms with E-state index in [2.05, 4.69) is 47.2 Å². The third-order valence-corrected chi connectivity index (χ3v) is 7.17. The summed E-state index contributed by atoms with van der Waals surface area (Å²) in [7, 11) is -3.63. The second-order valence-electron chi connectivity index (χ2n) is 8.28. The molecule has 1 atom stereocenters. The number of pyridine rings is 1. The van der Waals surface area contributed by atoms with Gasteiger partial charge in [-0.3, -0.25) is 9.62 Å². The predicted molar refractivity (Wildman–Crippen MR) is 124 cm³/mol. The van der Waals surface area contributed by atoms with Crippen LogP contribution < -0.4 is 9.62 Å². The third kappa shape index (κ3) is 5.32. The van der Waals surface area contributed by atoms with Crippen LogP contribution in [0.25, 0.3) is 0 Å². The monoisotopic (exact) mass is 430 g/mol. The number of nitrogens with zero attached hydrogens (tertiary/aromatic N) is 3. The molecule has 0 unspecified atom stereocenters. The Kier molecular flexibility index (Phi) is 7.36. The van der Waals surface area contributed by atoms with Crippen molar-refractivity contribution in [1.29, 1.82) is 0 Å². The topological polar surface area (TPSA) is 65.5 Å². The first-order chi connectivity index (χ1) is 14.3. The SMILES string of the molecule is CCCN1CCN(c2ccc(NS(=O)(=O)c3ccc(C(C)C)cc3)cn2)C[C@@H]1CC. The van der Waals surface area contributed by atoms with Gasteiger partial charge in [-0.2, -0.15) is 0 Å². The van der Waals surface area contributed by atoms with Crippen LogP contribution in [-0.4, -0.2) is 50.5 Å². The van der Waals surface area contributed by atoms with Crippen LogP contribution in [0.1, 0.15) is 52.0 Å². The maximum absolute atomic E-state index is 12.7. The molecule has 6 nitrogen and oxygen atoms in total. The minimum absolute atomic E-state index is 0.258. The standard InChI is InChI=1S/C23H34N4O2S/c1-5-13-26-14-15-27(17-21(26)6-2)23-12-9-20(16-24-23)25-30(28,29)22-10-7-19(8-11-22)18(3)4/h7-12,16,18,21,25H,5-6,13-15,17H2,1-4H3/t21-/m0/s1. The summed E-state index contributed by atoms with van der Waals surface area (Å²) in [4.78, 5) is 9.65. The summed E-state index contributed by atoms with van der Waals surface area (Å²) in [5.74, 6) is 1.26. The summed E-state index contributed by atoms with van der Waals surface area (Å²) < 4.78 is 28.0. The van der Waals surface area contributed by atoms with Gasteiger partial charge in [-0.1, -0.05) is 39.8 Å². The lowest BCUT2D eigenvalue weighted by Gasteiger charge is -2.41. The van der Waals surface area contributed by atoms with E-state index in [1.165, 1.54) is 6.42 Å². The normalized spacial score (nSPS) is 18.0. The van der Waals surface area contributed by atoms with Gasteiger partial charge in [0.25, 0.3) is 10.0 Å². The van der Waals surface area contributed by atoms with Crippen LogP contribution in [0.5, 0.6) is 0 Å². The van der Waals surface area contributed by atoms with Gasteiger partial charge < -0.3 is 4.90 Å². The Labute approximate surface area is 181 Å². The molecule has 164 valence electrons. The fourth-order valence-electron chi connectivity index (χ4n) is 3.95. The van der Waals surface area contributed by atoms with Gasteiger partial charge in [-0.15, -0.1) is 0 Å². The van der Waals surface area contributed by atoms with E-state index in [1.54, 1.807) is 24.4 Å². The second kappa shape index (κ2) is 9.79. The van der Waals surface area contributed by atoms with Crippen molar-refractivity contribution in [2.45, 2.75) is 57.4 Å². The molecule has 30 heavy (non-hydrogen) atoms. The number of aromatic nitrogens is 1. The molecule has 1 aromatic heterocycles. The van der Waals surface area contributed by atoms with Crippen LogP contribution in [0.3, 0.4) is 0 Å². The quantitative estimate of drug-likeness (QED) is 0.676. The van der Waals surface area contributed by atoms with Crippen molar-refractivity contribution in [3.63, 3.8) is 0 Å². The first-order valence-electron chi connectivity index (χ1n) is 10.9. The van der Waals surface area contributed by atoms with Crippen molar-refractivity contribution in [1.82, 2.24) is 9.88 Å². The van der Waals surface area contributed by atoms with E-state index in [1.807, 2.05) is 18.2 Å². The van der Waals surface area contributed by atoms with E-state index >= 15 is 0 Å². The van der Waals surface area contributed by atoms with E-state index in [4.69, 9.17) is 0 Å². The highest BCUT2D eigenvalue weighted by atomic mass is 32.2. The lowest BCUT2D eigenvalue weighted by Crippen LogP contribution is -2.53. The Morgan fingerprint density at radius 3 is 2.40 bits per heavy atom. The zero-order chi connectivity index (χ0) is 21.7. The van der Waals surface area contributed by atoms with Gasteiger partial charge in [0.15, 0.2) is 0 Å². The highest BCUT2D eigenvalue weighted by Crippen LogP contribution is 2.23. The van der Waals surface area contributed by atoms with Gasteiger partial charge in [0.05, 0.1) is 16.8 Å². The Hall–Kier alpha value is -2.12. The molecule has 1 aliphatic rings. The number of sulfonamides is 1. The molecular weight excluding hydrogens is 396 g/mol. The van der Waals surface area contributed by atoms with Crippen molar-refractivity contribution in [3.8, 4) is 0 Å². The maximum atomic E-state index is 12.7. The lowest BCUT2D eigenvalue weighted by atomic mass is 10.0. The Morgan fingerprint density at radius 2 is 1.83 bits per heavy atom. The highest BCUT2D eigenvalue weighted by Gasteiger charge is 2.25. The highest BCUT2D eigenvalue weighted by molar-refractivity contribution is 7.92. The molecule has 1 fully saturated rings. The van der Waals surface area contributed by atoms with Crippen molar-refractivity contribution < 1.29 is 8.42 Å². The molecule has 0 aliphatic carbocycles. The predicted octanol–water partition coefficient (Wildman–Crippen LogP) is 4.32. The number of benzene rings is 1. The zero-order valence-electron chi connectivity index (χ0n) is 18.5. The summed E-state index contributed by atoms with van der Waals surface area (Å²) in [6, 6.07) is 11.3. The Balaban J connectivity index is 1.67. The van der Waals surface area contributed by atoms with Crippen LogP contribution >= 0.6 is 0 Å². The van der Waals surface area contributed by atoms with Crippen LogP contribution in [0, 0.1) is 0 Å². The Morgan fingerprint density at radius 1 is 1.10 bits per heavy atom. The zero-order valence-corrected chi connectivity index (χ0v) is 19.3. The summed E-state index contributed by atoms with van der Waals surface area (Å²) in [5.41, 5.74) is 1.59. The largest absolute Gasteiger partial charge is 0.354 e. The lowest BCUT2D eigenvalue weighted by molar-refractivity contribution is 0.172. The van der Waals surface area contributed by atoms with Crippen LogP contribution in [0.15, 0.2) is 47.5 Å². The number of nitrogens with one attached hydrogen (secondary N) is 1. The number of hydrogen-bond donors (Lipinski definition) is 1. The smallest absolute Gasteiger partial charge is 0.261 e. The molecule has 1 aliphatic heterocycles. The molecule has 0 saturated carbocycles. The van der Waals surface area contributed by atoms with Crippen molar-refractivity contribution in [2.75, 3.05) is 35.8 Å². The van der Waals surface area contributed by atoms with Crippen molar-refractivity contribution in [2.24, 2.45) is 0 Å². The van der Waals surface area contributed by atoms with Gasteiger partial charge >= 0.3 is 0 Å². The minimum atomic E-state index is -3.63. The fraction of sp³-hybridized carbons (Fsp3) is 0.522. The molecule has 3 rings (SSSR count). The van der Waals surface area contributed by atoms with E-state index in [0.29, 0.717) is 17.6 Å². The van der Waals surface area contributed by atoms with Gasteiger partial charge in [0, 0.05) is 25.7 Å². The molecule has 1 N–H and O–H groups in total. The summed E-state index contributed by atoms with van der Waals surface area (Å²) >= 11 is 0. The van der Waals surface area contributed by atoms with E-state index in [9.17, 15) is 8.42 Å². The van der Waals surface area contributed by atoms with E-state index in [0.717, 1.165) is 44.0 Å². The minimum Gasteiger partial charge on any atom is -0.354 e. The second-order valence-corrected chi connectivity index (χ2v) is 9.96. The summed E-state index contributed by atoms with van der Waals surface area (Å²) in [6.45, 7) is 12.7. The molecule has 0 bridgehead atoms. The first kappa shape index (κ1) is 22.6. The fourth-order valence-corrected chi connectivity index (χ4v) is 4.99. The van der Waals surface area contributed by atoms with Crippen molar-refractivity contribution >= 4 is 21.5 Å². The van der Waals surface area contributed by atoms with Crippen LogP contribution in [0.4, 0.5) is 11.5 Å². The van der Waals surface area contributed by atoms with Gasteiger partial charge in [-0.25, -0.2) is 13.4 Å². The molecule has 0 radical (unpaired) electrons. The molecule has 1 aromatic carbocycles. The van der Waals surface area contributed by atoms with E-state index in [-0.39, 0.29) is 4.90 Å². The number of anilines is 2. The number of rotatable bonds is 8. The average molecular weight is 431 g/mol. The summed E-state index contributed by atoms with van der Waals surface area (Å²) in [5, 5.41) is 0. The molecule has 2 aromatic rings. The number of piperazine rings is 1. The van der Waals surface area contributed by atoms with E-state index < -0.39 is 10.0 Å². The molecular formula is C23H34N4O2S. The van der Waals surface area contributed by atoms with Crippen LogP contribution in [0.2, 0.25) is 0 Å². The Bertz CT molecular complexity index is 911. The molecule has 1 saturated heterocycles. The number of hydrogen-bond acceptors (Lipinski definition) is 5.